The standard InChI is InChI=1S/C12H15N2O3P/c1-17-18(15,16)10-4-8-14-9-7-11-5-2-3-6-12(11)13-14/h2-3,5-7,9H,4,8,10H2,1H3. The van der Waals surface area contributed by atoms with E-state index in [2.05, 4.69) is 9.62 Å². The molecule has 0 N–H and O–H groups in total. The quantitative estimate of drug-likeness (QED) is 0.600. The lowest BCUT2D eigenvalue weighted by Gasteiger charge is -2.19. The van der Waals surface area contributed by atoms with Gasteiger partial charge < -0.3 is 14.0 Å². The topological polar surface area (TPSA) is 66.1 Å². The van der Waals surface area contributed by atoms with E-state index in [-0.39, 0.29) is 6.16 Å². The van der Waals surface area contributed by atoms with Crippen LogP contribution >= 0.6 is 7.60 Å². The van der Waals surface area contributed by atoms with E-state index in [0.29, 0.717) is 13.0 Å². The van der Waals surface area contributed by atoms with Gasteiger partial charge in [-0.05, 0) is 6.07 Å². The molecule has 0 amide bonds. The average Bonchev–Trinajstić information content (AvgIpc) is 2.38. The minimum Gasteiger partial charge on any atom is -0.778 e. The fourth-order valence-electron chi connectivity index (χ4n) is 1.70. The smallest absolute Gasteiger partial charge is 0.196 e. The maximum atomic E-state index is 11.2. The molecule has 0 bridgehead atoms. The van der Waals surface area contributed by atoms with Crippen molar-refractivity contribution in [1.82, 2.24) is 5.10 Å². The Morgan fingerprint density at radius 1 is 1.39 bits per heavy atom. The lowest BCUT2D eigenvalue weighted by molar-refractivity contribution is -0.751. The summed E-state index contributed by atoms with van der Waals surface area (Å²) in [6.07, 6.45) is 2.38. The molecule has 0 saturated carbocycles. The van der Waals surface area contributed by atoms with E-state index < -0.39 is 7.60 Å². The summed E-state index contributed by atoms with van der Waals surface area (Å²) >= 11 is 0. The number of aromatic nitrogens is 2. The third-order valence-electron chi connectivity index (χ3n) is 2.70. The predicted octanol–water partition coefficient (Wildman–Crippen LogP) is 1.11. The lowest BCUT2D eigenvalue weighted by atomic mass is 10.2. The van der Waals surface area contributed by atoms with Crippen LogP contribution in [-0.2, 0) is 15.6 Å². The van der Waals surface area contributed by atoms with Crippen molar-refractivity contribution in [3.63, 3.8) is 0 Å². The highest BCUT2D eigenvalue weighted by molar-refractivity contribution is 7.51. The van der Waals surface area contributed by atoms with Gasteiger partial charge >= 0.3 is 0 Å². The van der Waals surface area contributed by atoms with Gasteiger partial charge in [0.05, 0.1) is 0 Å². The highest BCUT2D eigenvalue weighted by Gasteiger charge is 2.09. The van der Waals surface area contributed by atoms with Crippen LogP contribution in [0.1, 0.15) is 6.42 Å². The Bertz CT molecular complexity index is 588. The third kappa shape index (κ3) is 3.35. The first kappa shape index (κ1) is 13.1. The zero-order valence-electron chi connectivity index (χ0n) is 10.2. The Morgan fingerprint density at radius 2 is 2.17 bits per heavy atom. The van der Waals surface area contributed by atoms with Gasteiger partial charge in [-0.2, -0.15) is 0 Å². The molecular formula is C12H15N2O3P. The van der Waals surface area contributed by atoms with Crippen molar-refractivity contribution in [3.8, 4) is 0 Å². The summed E-state index contributed by atoms with van der Waals surface area (Å²) in [7, 11) is -2.46. The van der Waals surface area contributed by atoms with Crippen LogP contribution in [0.15, 0.2) is 36.5 Å². The van der Waals surface area contributed by atoms with Crippen LogP contribution in [0.4, 0.5) is 0 Å². The predicted molar refractivity (Wildman–Crippen MR) is 66.0 cm³/mol. The summed E-state index contributed by atoms with van der Waals surface area (Å²) in [6.45, 7) is 0.556. The highest BCUT2D eigenvalue weighted by atomic mass is 31.2. The molecule has 0 radical (unpaired) electrons. The fraction of sp³-hybridized carbons (Fsp3) is 0.333. The summed E-state index contributed by atoms with van der Waals surface area (Å²) in [4.78, 5) is 11.2. The molecule has 1 aromatic heterocycles. The number of aryl methyl sites for hydroxylation is 1. The van der Waals surface area contributed by atoms with Crippen molar-refractivity contribution < 1.29 is 18.7 Å². The minimum absolute atomic E-state index is 0.0327. The molecule has 1 heterocycles. The van der Waals surface area contributed by atoms with Gasteiger partial charge in [0.2, 0.25) is 0 Å². The number of benzene rings is 1. The highest BCUT2D eigenvalue weighted by Crippen LogP contribution is 2.35. The van der Waals surface area contributed by atoms with E-state index in [1.54, 1.807) is 4.68 Å². The van der Waals surface area contributed by atoms with E-state index in [1.165, 1.54) is 7.11 Å². The Kier molecular flexibility index (Phi) is 4.07. The van der Waals surface area contributed by atoms with Crippen LogP contribution in [0.2, 0.25) is 0 Å². The van der Waals surface area contributed by atoms with Gasteiger partial charge in [0.1, 0.15) is 13.1 Å². The van der Waals surface area contributed by atoms with E-state index in [0.717, 1.165) is 10.9 Å². The van der Waals surface area contributed by atoms with Crippen LogP contribution in [-0.4, -0.2) is 18.4 Å². The fourth-order valence-corrected chi connectivity index (χ4v) is 2.41. The summed E-state index contributed by atoms with van der Waals surface area (Å²) in [6, 6.07) is 9.77. The summed E-state index contributed by atoms with van der Waals surface area (Å²) in [5, 5.41) is 5.47. The van der Waals surface area contributed by atoms with E-state index in [4.69, 9.17) is 0 Å². The van der Waals surface area contributed by atoms with Crippen LogP contribution in [0.5, 0.6) is 0 Å². The Morgan fingerprint density at radius 3 is 2.94 bits per heavy atom. The Balaban J connectivity index is 2.02. The SMILES string of the molecule is COP(=O)([O-])CCC[n+]1ccc2ccccc2n1. The van der Waals surface area contributed by atoms with Crippen LogP contribution in [0.3, 0.4) is 0 Å². The zero-order valence-corrected chi connectivity index (χ0v) is 11.0. The maximum absolute atomic E-state index is 11.2. The van der Waals surface area contributed by atoms with Crippen LogP contribution in [0, 0.1) is 0 Å². The molecular weight excluding hydrogens is 251 g/mol. The van der Waals surface area contributed by atoms with Gasteiger partial charge in [-0.15, -0.1) is 0 Å². The van der Waals surface area contributed by atoms with Crippen LogP contribution in [0.25, 0.3) is 10.9 Å². The van der Waals surface area contributed by atoms with Crippen molar-refractivity contribution in [1.29, 1.82) is 0 Å². The molecule has 0 aliphatic heterocycles. The molecule has 1 unspecified atom stereocenters. The second-order valence-electron chi connectivity index (χ2n) is 4.01. The van der Waals surface area contributed by atoms with Crippen molar-refractivity contribution in [2.45, 2.75) is 13.0 Å². The maximum Gasteiger partial charge on any atom is 0.196 e. The lowest BCUT2D eigenvalue weighted by Crippen LogP contribution is -2.38. The van der Waals surface area contributed by atoms with Crippen LogP contribution < -0.4 is 9.58 Å². The van der Waals surface area contributed by atoms with Crippen molar-refractivity contribution in [3.05, 3.63) is 36.5 Å². The largest absolute Gasteiger partial charge is 0.778 e. The van der Waals surface area contributed by atoms with Crippen molar-refractivity contribution >= 4 is 18.5 Å². The molecule has 0 fully saturated rings. The molecule has 96 valence electrons. The number of hydrogen-bond donors (Lipinski definition) is 0. The minimum atomic E-state index is -3.65. The number of hydrogen-bond acceptors (Lipinski definition) is 4. The van der Waals surface area contributed by atoms with Crippen molar-refractivity contribution in [2.24, 2.45) is 0 Å². The Labute approximate surface area is 106 Å². The van der Waals surface area contributed by atoms with Gasteiger partial charge in [0.25, 0.3) is 0 Å². The van der Waals surface area contributed by atoms with E-state index in [1.807, 2.05) is 36.5 Å². The average molecular weight is 266 g/mol. The molecule has 1 aromatic carbocycles. The monoisotopic (exact) mass is 266 g/mol. The molecule has 18 heavy (non-hydrogen) atoms. The summed E-state index contributed by atoms with van der Waals surface area (Å²) in [5.74, 6) is 0. The normalized spacial score (nSPS) is 14.6. The van der Waals surface area contributed by atoms with Gasteiger partial charge in [-0.25, -0.2) is 0 Å². The first-order valence-corrected chi connectivity index (χ1v) is 7.45. The molecule has 0 saturated heterocycles. The van der Waals surface area contributed by atoms with Crippen molar-refractivity contribution in [2.75, 3.05) is 13.3 Å². The molecule has 0 spiro atoms. The summed E-state index contributed by atoms with van der Waals surface area (Å²) < 4.78 is 17.3. The molecule has 1 atom stereocenters. The summed E-state index contributed by atoms with van der Waals surface area (Å²) in [5.41, 5.74) is 0.900. The number of fused-ring (bicyclic) bond motifs is 1. The first-order chi connectivity index (χ1) is 8.61. The molecule has 5 nitrogen and oxygen atoms in total. The van der Waals surface area contributed by atoms with E-state index in [9.17, 15) is 9.46 Å². The molecule has 0 aliphatic carbocycles. The van der Waals surface area contributed by atoms with Gasteiger partial charge in [-0.1, -0.05) is 22.9 Å². The van der Waals surface area contributed by atoms with Gasteiger partial charge in [0.15, 0.2) is 12.7 Å². The van der Waals surface area contributed by atoms with Gasteiger partial charge in [-0.3, -0.25) is 0 Å². The van der Waals surface area contributed by atoms with E-state index >= 15 is 0 Å². The molecule has 0 aliphatic rings. The number of nitrogens with zero attached hydrogens (tertiary/aromatic N) is 2. The number of rotatable bonds is 5. The first-order valence-electron chi connectivity index (χ1n) is 5.72. The third-order valence-corrected chi connectivity index (χ3v) is 4.12. The second kappa shape index (κ2) is 5.57. The zero-order chi connectivity index (χ0) is 13.0. The second-order valence-corrected chi connectivity index (χ2v) is 6.04. The molecule has 2 rings (SSSR count). The Hall–Kier alpha value is -1.29. The molecule has 6 heteroatoms. The van der Waals surface area contributed by atoms with Gasteiger partial charge in [0, 0.05) is 36.2 Å². The molecule has 2 aromatic rings.